The molecule has 29 heavy (non-hydrogen) atoms. The van der Waals surface area contributed by atoms with Crippen LogP contribution in [-0.2, 0) is 10.9 Å². The average Bonchev–Trinajstić information content (AvgIpc) is 3.20. The Morgan fingerprint density at radius 3 is 2.66 bits per heavy atom. The third kappa shape index (κ3) is 4.22. The molecule has 2 aromatic rings. The van der Waals surface area contributed by atoms with E-state index < -0.39 is 17.3 Å². The first kappa shape index (κ1) is 20.1. The number of piperazine rings is 1. The van der Waals surface area contributed by atoms with Crippen molar-refractivity contribution in [2.45, 2.75) is 12.6 Å². The van der Waals surface area contributed by atoms with Crippen molar-refractivity contribution in [2.24, 2.45) is 5.92 Å². The molecule has 2 aliphatic heterocycles. The standard InChI is InChI=1S/C19H19F3N4O2S/c20-19(21,22)14-7-13(9-23)16-15(8-14)17(27)24-18(29-16)26-4-2-25(3-5-26)10-12-1-6-28-11-12/h7-8,12H,1-6,10-11H2. The average molecular weight is 424 g/mol. The lowest BCUT2D eigenvalue weighted by Crippen LogP contribution is -2.48. The quantitative estimate of drug-likeness (QED) is 0.755. The Labute approximate surface area is 169 Å². The van der Waals surface area contributed by atoms with Crippen LogP contribution in [0.25, 0.3) is 10.1 Å². The van der Waals surface area contributed by atoms with Gasteiger partial charge < -0.3 is 9.64 Å². The molecule has 0 amide bonds. The molecule has 0 N–H and O–H groups in total. The van der Waals surface area contributed by atoms with Gasteiger partial charge in [-0.1, -0.05) is 11.3 Å². The third-order valence-corrected chi connectivity index (χ3v) is 6.52. The van der Waals surface area contributed by atoms with E-state index in [1.165, 1.54) is 0 Å². The van der Waals surface area contributed by atoms with E-state index in [-0.39, 0.29) is 15.6 Å². The number of halogens is 3. The Morgan fingerprint density at radius 1 is 1.28 bits per heavy atom. The van der Waals surface area contributed by atoms with Crippen LogP contribution in [0.5, 0.6) is 0 Å². The van der Waals surface area contributed by atoms with E-state index in [1.54, 1.807) is 6.07 Å². The van der Waals surface area contributed by atoms with E-state index in [4.69, 9.17) is 4.74 Å². The van der Waals surface area contributed by atoms with Crippen molar-refractivity contribution >= 4 is 26.6 Å². The lowest BCUT2D eigenvalue weighted by molar-refractivity contribution is -0.137. The van der Waals surface area contributed by atoms with E-state index in [0.29, 0.717) is 24.1 Å². The minimum atomic E-state index is -4.63. The van der Waals surface area contributed by atoms with Crippen molar-refractivity contribution in [3.05, 3.63) is 33.6 Å². The van der Waals surface area contributed by atoms with Crippen molar-refractivity contribution < 1.29 is 17.9 Å². The molecule has 0 radical (unpaired) electrons. The van der Waals surface area contributed by atoms with Crippen LogP contribution in [0.4, 0.5) is 18.3 Å². The van der Waals surface area contributed by atoms with Gasteiger partial charge in [-0.05, 0) is 24.5 Å². The van der Waals surface area contributed by atoms with Gasteiger partial charge in [-0.3, -0.25) is 9.69 Å². The largest absolute Gasteiger partial charge is 0.416 e. The molecule has 1 aromatic heterocycles. The van der Waals surface area contributed by atoms with Gasteiger partial charge >= 0.3 is 6.18 Å². The van der Waals surface area contributed by atoms with E-state index >= 15 is 0 Å². The summed E-state index contributed by atoms with van der Waals surface area (Å²) in [7, 11) is 0. The van der Waals surface area contributed by atoms with Gasteiger partial charge in [0.2, 0.25) is 0 Å². The lowest BCUT2D eigenvalue weighted by Gasteiger charge is -2.35. The highest BCUT2D eigenvalue weighted by molar-refractivity contribution is 7.22. The number of anilines is 1. The third-order valence-electron chi connectivity index (χ3n) is 5.34. The number of ether oxygens (including phenoxy) is 1. The molecule has 1 aromatic carbocycles. The molecule has 0 spiro atoms. The normalized spacial score (nSPS) is 20.9. The zero-order valence-electron chi connectivity index (χ0n) is 15.5. The fourth-order valence-corrected chi connectivity index (χ4v) is 4.85. The van der Waals surface area contributed by atoms with Gasteiger partial charge in [0.15, 0.2) is 5.13 Å². The van der Waals surface area contributed by atoms with Gasteiger partial charge in [0.25, 0.3) is 5.56 Å². The summed E-state index contributed by atoms with van der Waals surface area (Å²) >= 11 is 1.10. The summed E-state index contributed by atoms with van der Waals surface area (Å²) in [6.07, 6.45) is -3.55. The number of alkyl halides is 3. The van der Waals surface area contributed by atoms with Crippen LogP contribution in [0.1, 0.15) is 17.5 Å². The fraction of sp³-hybridized carbons (Fsp3) is 0.526. The van der Waals surface area contributed by atoms with Crippen LogP contribution in [0.15, 0.2) is 16.9 Å². The number of aromatic nitrogens is 1. The number of fused-ring (bicyclic) bond motifs is 1. The molecule has 2 fully saturated rings. The predicted molar refractivity (Wildman–Crippen MR) is 103 cm³/mol. The first-order valence-corrected chi connectivity index (χ1v) is 10.2. The maximum absolute atomic E-state index is 13.1. The Morgan fingerprint density at radius 2 is 2.03 bits per heavy atom. The Bertz CT molecular complexity index is 1000. The summed E-state index contributed by atoms with van der Waals surface area (Å²) in [5.41, 5.74) is -1.90. The molecule has 0 saturated carbocycles. The van der Waals surface area contributed by atoms with E-state index in [9.17, 15) is 23.2 Å². The molecule has 2 aliphatic rings. The zero-order chi connectivity index (χ0) is 20.6. The molecular formula is C19H19F3N4O2S. The van der Waals surface area contributed by atoms with Crippen molar-refractivity contribution in [3.8, 4) is 6.07 Å². The second kappa shape index (κ2) is 7.89. The molecule has 0 bridgehead atoms. The number of hydrogen-bond donors (Lipinski definition) is 0. The Kier molecular flexibility index (Phi) is 5.46. The maximum Gasteiger partial charge on any atom is 0.416 e. The molecule has 4 rings (SSSR count). The summed E-state index contributed by atoms with van der Waals surface area (Å²) in [6, 6.07) is 3.37. The highest BCUT2D eigenvalue weighted by Crippen LogP contribution is 2.35. The fourth-order valence-electron chi connectivity index (χ4n) is 3.76. The number of rotatable bonds is 3. The van der Waals surface area contributed by atoms with Gasteiger partial charge in [-0.15, -0.1) is 0 Å². The van der Waals surface area contributed by atoms with Crippen LogP contribution in [0.3, 0.4) is 0 Å². The van der Waals surface area contributed by atoms with E-state index in [2.05, 4.69) is 9.88 Å². The maximum atomic E-state index is 13.1. The van der Waals surface area contributed by atoms with Crippen LogP contribution in [0.2, 0.25) is 0 Å². The predicted octanol–water partition coefficient (Wildman–Crippen LogP) is 2.71. The first-order valence-electron chi connectivity index (χ1n) is 9.36. The lowest BCUT2D eigenvalue weighted by atomic mass is 10.1. The monoisotopic (exact) mass is 424 g/mol. The van der Waals surface area contributed by atoms with Crippen LogP contribution in [0, 0.1) is 17.2 Å². The first-order chi connectivity index (χ1) is 13.8. The number of hydrogen-bond acceptors (Lipinski definition) is 7. The summed E-state index contributed by atoms with van der Waals surface area (Å²) in [4.78, 5) is 20.8. The smallest absolute Gasteiger partial charge is 0.381 e. The van der Waals surface area contributed by atoms with Gasteiger partial charge in [-0.2, -0.15) is 23.4 Å². The molecule has 6 nitrogen and oxygen atoms in total. The highest BCUT2D eigenvalue weighted by atomic mass is 32.1. The SMILES string of the molecule is N#Cc1cc(C(F)(F)F)cc2c(=O)nc(N3CCN(CC4CCOC4)CC3)sc12. The van der Waals surface area contributed by atoms with Crippen LogP contribution in [-0.4, -0.2) is 55.8 Å². The minimum Gasteiger partial charge on any atom is -0.381 e. The van der Waals surface area contributed by atoms with E-state index in [1.807, 2.05) is 4.90 Å². The van der Waals surface area contributed by atoms with E-state index in [0.717, 1.165) is 62.7 Å². The van der Waals surface area contributed by atoms with Crippen molar-refractivity contribution in [2.75, 3.05) is 50.8 Å². The second-order valence-corrected chi connectivity index (χ2v) is 8.31. The molecule has 2 saturated heterocycles. The molecule has 3 heterocycles. The number of benzene rings is 1. The molecule has 0 aliphatic carbocycles. The molecule has 10 heteroatoms. The summed E-state index contributed by atoms with van der Waals surface area (Å²) in [5, 5.41) is 9.61. The Balaban J connectivity index is 1.57. The van der Waals surface area contributed by atoms with Crippen LogP contribution >= 0.6 is 11.3 Å². The summed E-state index contributed by atoms with van der Waals surface area (Å²) in [6.45, 7) is 5.56. The van der Waals surface area contributed by atoms with Crippen molar-refractivity contribution in [1.82, 2.24) is 9.88 Å². The minimum absolute atomic E-state index is 0.152. The highest BCUT2D eigenvalue weighted by Gasteiger charge is 2.32. The second-order valence-electron chi connectivity index (χ2n) is 7.33. The van der Waals surface area contributed by atoms with Gasteiger partial charge in [0, 0.05) is 39.3 Å². The molecule has 154 valence electrons. The summed E-state index contributed by atoms with van der Waals surface area (Å²) in [5.74, 6) is 0.553. The number of nitrogens with zero attached hydrogens (tertiary/aromatic N) is 4. The Hall–Kier alpha value is -2.22. The van der Waals surface area contributed by atoms with Gasteiger partial charge in [0.05, 0.1) is 27.8 Å². The van der Waals surface area contributed by atoms with Crippen molar-refractivity contribution in [3.63, 3.8) is 0 Å². The van der Waals surface area contributed by atoms with Gasteiger partial charge in [0.1, 0.15) is 6.07 Å². The zero-order valence-corrected chi connectivity index (χ0v) is 16.4. The molecular weight excluding hydrogens is 405 g/mol. The van der Waals surface area contributed by atoms with Crippen molar-refractivity contribution in [1.29, 1.82) is 5.26 Å². The summed E-state index contributed by atoms with van der Waals surface area (Å²) < 4.78 is 44.9. The molecule has 1 atom stereocenters. The topological polar surface area (TPSA) is 69.5 Å². The van der Waals surface area contributed by atoms with Gasteiger partial charge in [-0.25, -0.2) is 0 Å². The molecule has 1 unspecified atom stereocenters. The van der Waals surface area contributed by atoms with Crippen LogP contribution < -0.4 is 10.5 Å². The number of nitriles is 1.